The Kier molecular flexibility index (Phi) is 5.11. The summed E-state index contributed by atoms with van der Waals surface area (Å²) in [6, 6.07) is 7.80. The number of ether oxygens (including phenoxy) is 1. The number of benzene rings is 1. The summed E-state index contributed by atoms with van der Waals surface area (Å²) in [5.41, 5.74) is 0.808. The molecular formula is C18H21FN4O2. The van der Waals surface area contributed by atoms with Crippen molar-refractivity contribution in [3.8, 4) is 5.88 Å². The summed E-state index contributed by atoms with van der Waals surface area (Å²) < 4.78 is 18.8. The molecule has 1 aromatic heterocycles. The maximum absolute atomic E-state index is 12.9. The van der Waals surface area contributed by atoms with Gasteiger partial charge in [0.2, 0.25) is 11.8 Å². The van der Waals surface area contributed by atoms with Crippen LogP contribution in [0.15, 0.2) is 36.7 Å². The van der Waals surface area contributed by atoms with E-state index in [0.717, 1.165) is 17.8 Å². The molecule has 1 amide bonds. The van der Waals surface area contributed by atoms with Crippen molar-refractivity contribution in [2.75, 3.05) is 32.1 Å². The van der Waals surface area contributed by atoms with E-state index in [0.29, 0.717) is 19.0 Å². The Morgan fingerprint density at radius 1 is 1.32 bits per heavy atom. The highest BCUT2D eigenvalue weighted by atomic mass is 19.1. The number of carbonyl (C=O) groups is 1. The lowest BCUT2D eigenvalue weighted by Crippen LogP contribution is -2.32. The molecule has 0 N–H and O–H groups in total. The van der Waals surface area contributed by atoms with Gasteiger partial charge in [0.05, 0.1) is 13.0 Å². The Morgan fingerprint density at radius 2 is 2.08 bits per heavy atom. The number of carbonyl (C=O) groups excluding carboxylic acids is 1. The zero-order valence-electron chi connectivity index (χ0n) is 14.4. The zero-order valence-corrected chi connectivity index (χ0v) is 14.4. The maximum atomic E-state index is 12.9. The Hall–Kier alpha value is -2.70. The molecule has 3 rings (SSSR count). The molecule has 132 valence electrons. The standard InChI is InChI=1S/C18H21FN4O2/c1-22(2)16-10-17(21-12-20-16)25-15-7-8-23(11-15)18(24)9-13-3-5-14(19)6-4-13/h3-6,10,12,15H,7-9,11H2,1-2H3/t15-/m1/s1. The monoisotopic (exact) mass is 344 g/mol. The van der Waals surface area contributed by atoms with Crippen molar-refractivity contribution in [3.05, 3.63) is 48.0 Å². The molecule has 25 heavy (non-hydrogen) atoms. The van der Waals surface area contributed by atoms with Crippen molar-refractivity contribution in [1.29, 1.82) is 0 Å². The molecule has 0 spiro atoms. The van der Waals surface area contributed by atoms with Crippen LogP contribution < -0.4 is 9.64 Å². The zero-order chi connectivity index (χ0) is 17.8. The summed E-state index contributed by atoms with van der Waals surface area (Å²) in [7, 11) is 3.80. The molecule has 1 atom stereocenters. The SMILES string of the molecule is CN(C)c1cc(O[C@@H]2CCN(C(=O)Cc3ccc(F)cc3)C2)ncn1. The second kappa shape index (κ2) is 7.46. The molecule has 2 aromatic rings. The highest BCUT2D eigenvalue weighted by Gasteiger charge is 2.28. The summed E-state index contributed by atoms with van der Waals surface area (Å²) in [5.74, 6) is 1.01. The molecule has 7 heteroatoms. The van der Waals surface area contributed by atoms with E-state index >= 15 is 0 Å². The molecular weight excluding hydrogens is 323 g/mol. The third-order valence-corrected chi connectivity index (χ3v) is 4.14. The van der Waals surface area contributed by atoms with Crippen LogP contribution in [0.25, 0.3) is 0 Å². The van der Waals surface area contributed by atoms with Gasteiger partial charge < -0.3 is 14.5 Å². The third kappa shape index (κ3) is 4.43. The average Bonchev–Trinajstić information content (AvgIpc) is 3.06. The van der Waals surface area contributed by atoms with Gasteiger partial charge in [-0.1, -0.05) is 12.1 Å². The van der Waals surface area contributed by atoms with Crippen molar-refractivity contribution in [1.82, 2.24) is 14.9 Å². The van der Waals surface area contributed by atoms with E-state index in [2.05, 4.69) is 9.97 Å². The van der Waals surface area contributed by atoms with Gasteiger partial charge in [0.15, 0.2) is 0 Å². The maximum Gasteiger partial charge on any atom is 0.227 e. The molecule has 2 heterocycles. The highest BCUT2D eigenvalue weighted by Crippen LogP contribution is 2.20. The largest absolute Gasteiger partial charge is 0.472 e. The number of amides is 1. The highest BCUT2D eigenvalue weighted by molar-refractivity contribution is 5.79. The average molecular weight is 344 g/mol. The van der Waals surface area contributed by atoms with Crippen molar-refractivity contribution in [2.24, 2.45) is 0 Å². The number of hydrogen-bond donors (Lipinski definition) is 0. The van der Waals surface area contributed by atoms with E-state index in [1.54, 1.807) is 23.1 Å². The molecule has 0 saturated carbocycles. The first kappa shape index (κ1) is 17.1. The van der Waals surface area contributed by atoms with Crippen molar-refractivity contribution in [3.63, 3.8) is 0 Å². The smallest absolute Gasteiger partial charge is 0.227 e. The molecule has 1 aliphatic rings. The molecule has 6 nitrogen and oxygen atoms in total. The van der Waals surface area contributed by atoms with Gasteiger partial charge in [-0.3, -0.25) is 4.79 Å². The van der Waals surface area contributed by atoms with Crippen LogP contribution in [0.2, 0.25) is 0 Å². The number of aromatic nitrogens is 2. The predicted molar refractivity (Wildman–Crippen MR) is 92.1 cm³/mol. The Bertz CT molecular complexity index is 736. The van der Waals surface area contributed by atoms with Gasteiger partial charge in [0.25, 0.3) is 0 Å². The minimum Gasteiger partial charge on any atom is -0.472 e. The van der Waals surface area contributed by atoms with Gasteiger partial charge in [-0.15, -0.1) is 0 Å². The van der Waals surface area contributed by atoms with E-state index < -0.39 is 0 Å². The lowest BCUT2D eigenvalue weighted by Gasteiger charge is -2.17. The van der Waals surface area contributed by atoms with Crippen molar-refractivity contribution < 1.29 is 13.9 Å². The number of anilines is 1. The number of halogens is 1. The minimum atomic E-state index is -0.298. The summed E-state index contributed by atoms with van der Waals surface area (Å²) in [6.07, 6.45) is 2.42. The summed E-state index contributed by atoms with van der Waals surface area (Å²) in [5, 5.41) is 0. The normalized spacial score (nSPS) is 16.8. The molecule has 1 saturated heterocycles. The van der Waals surface area contributed by atoms with Crippen LogP contribution in [0.1, 0.15) is 12.0 Å². The molecule has 0 unspecified atom stereocenters. The van der Waals surface area contributed by atoms with Crippen molar-refractivity contribution in [2.45, 2.75) is 18.9 Å². The van der Waals surface area contributed by atoms with Crippen LogP contribution in [0.4, 0.5) is 10.2 Å². The quantitative estimate of drug-likeness (QED) is 0.829. The van der Waals surface area contributed by atoms with Gasteiger partial charge in [0.1, 0.15) is 24.1 Å². The van der Waals surface area contributed by atoms with E-state index in [9.17, 15) is 9.18 Å². The van der Waals surface area contributed by atoms with Gasteiger partial charge in [0, 0.05) is 33.1 Å². The van der Waals surface area contributed by atoms with E-state index in [1.807, 2.05) is 19.0 Å². The first-order valence-corrected chi connectivity index (χ1v) is 8.19. The van der Waals surface area contributed by atoms with E-state index in [4.69, 9.17) is 4.74 Å². The number of nitrogens with zero attached hydrogens (tertiary/aromatic N) is 4. The fourth-order valence-electron chi connectivity index (χ4n) is 2.75. The number of hydrogen-bond acceptors (Lipinski definition) is 5. The fourth-order valence-corrected chi connectivity index (χ4v) is 2.75. The molecule has 0 bridgehead atoms. The van der Waals surface area contributed by atoms with Crippen LogP contribution in [-0.2, 0) is 11.2 Å². The van der Waals surface area contributed by atoms with E-state index in [-0.39, 0.29) is 24.2 Å². The first-order valence-electron chi connectivity index (χ1n) is 8.19. The fraction of sp³-hybridized carbons (Fsp3) is 0.389. The van der Waals surface area contributed by atoms with Gasteiger partial charge in [-0.2, -0.15) is 0 Å². The number of likely N-dealkylation sites (tertiary alicyclic amines) is 1. The van der Waals surface area contributed by atoms with Crippen LogP contribution in [0.5, 0.6) is 5.88 Å². The summed E-state index contributed by atoms with van der Waals surface area (Å²) in [4.78, 5) is 24.3. The van der Waals surface area contributed by atoms with Gasteiger partial charge in [-0.05, 0) is 17.7 Å². The molecule has 1 aliphatic heterocycles. The topological polar surface area (TPSA) is 58.6 Å². The molecule has 1 fully saturated rings. The molecule has 0 radical (unpaired) electrons. The third-order valence-electron chi connectivity index (χ3n) is 4.14. The Balaban J connectivity index is 1.55. The lowest BCUT2D eigenvalue weighted by molar-refractivity contribution is -0.129. The Morgan fingerprint density at radius 3 is 2.80 bits per heavy atom. The minimum absolute atomic E-state index is 0.0226. The lowest BCUT2D eigenvalue weighted by atomic mass is 10.1. The van der Waals surface area contributed by atoms with Gasteiger partial charge in [-0.25, -0.2) is 14.4 Å². The predicted octanol–water partition coefficient (Wildman–Crippen LogP) is 1.90. The molecule has 0 aliphatic carbocycles. The second-order valence-electron chi connectivity index (χ2n) is 6.28. The van der Waals surface area contributed by atoms with Crippen LogP contribution in [-0.4, -0.2) is 54.1 Å². The number of rotatable bonds is 5. The van der Waals surface area contributed by atoms with E-state index in [1.165, 1.54) is 18.5 Å². The van der Waals surface area contributed by atoms with Crippen molar-refractivity contribution >= 4 is 11.7 Å². The summed E-state index contributed by atoms with van der Waals surface area (Å²) >= 11 is 0. The van der Waals surface area contributed by atoms with Crippen LogP contribution >= 0.6 is 0 Å². The first-order chi connectivity index (χ1) is 12.0. The van der Waals surface area contributed by atoms with Crippen LogP contribution in [0, 0.1) is 5.82 Å². The Labute approximate surface area is 146 Å². The summed E-state index contributed by atoms with van der Waals surface area (Å²) in [6.45, 7) is 1.18. The van der Waals surface area contributed by atoms with Crippen LogP contribution in [0.3, 0.4) is 0 Å². The van der Waals surface area contributed by atoms with Gasteiger partial charge >= 0.3 is 0 Å². The second-order valence-corrected chi connectivity index (χ2v) is 6.28. The molecule has 1 aromatic carbocycles.